The summed E-state index contributed by atoms with van der Waals surface area (Å²) in [5.74, 6) is 0. The van der Waals surface area contributed by atoms with Crippen molar-refractivity contribution in [2.24, 2.45) is 0 Å². The summed E-state index contributed by atoms with van der Waals surface area (Å²) in [5, 5.41) is 9.69. The molecule has 0 aliphatic heterocycles. The SMILES string of the molecule is c1ccc(-n2c3ccc(-c4ccc5oc6ccccc6c5c4)cc3c3cc(-n4c5ccccc5c5c4ccc4c6ccccc6n(-c6ccccc6)c45)ccc32)cc1. The molecule has 0 fully saturated rings. The van der Waals surface area contributed by atoms with Crippen LogP contribution in [-0.2, 0) is 0 Å². The molecule has 13 aromatic rings. The van der Waals surface area contributed by atoms with E-state index in [0.29, 0.717) is 0 Å². The Hall–Kier alpha value is -7.82. The summed E-state index contributed by atoms with van der Waals surface area (Å²) in [6.45, 7) is 0. The molecule has 9 aromatic carbocycles. The molecule has 0 atom stereocenters. The van der Waals surface area contributed by atoms with Crippen LogP contribution < -0.4 is 0 Å². The second-order valence-corrected chi connectivity index (χ2v) is 15.3. The molecule has 13 rings (SSSR count). The van der Waals surface area contributed by atoms with Gasteiger partial charge in [0.25, 0.3) is 0 Å². The van der Waals surface area contributed by atoms with E-state index >= 15 is 0 Å². The zero-order chi connectivity index (χ0) is 37.9. The fourth-order valence-corrected chi connectivity index (χ4v) is 9.72. The lowest BCUT2D eigenvalue weighted by atomic mass is 10.0. The molecule has 0 saturated heterocycles. The fourth-order valence-electron chi connectivity index (χ4n) is 9.72. The number of benzene rings is 9. The second-order valence-electron chi connectivity index (χ2n) is 15.3. The van der Waals surface area contributed by atoms with Gasteiger partial charge < -0.3 is 18.1 Å². The number of hydrogen-bond donors (Lipinski definition) is 0. The van der Waals surface area contributed by atoms with Crippen LogP contribution in [0.2, 0.25) is 0 Å². The molecule has 58 heavy (non-hydrogen) atoms. The maximum Gasteiger partial charge on any atom is 0.135 e. The molecule has 0 unspecified atom stereocenters. The monoisotopic (exact) mass is 739 g/mol. The van der Waals surface area contributed by atoms with Gasteiger partial charge in [-0.05, 0) is 102 Å². The predicted octanol–water partition coefficient (Wildman–Crippen LogP) is 14.5. The molecule has 0 amide bonds. The van der Waals surface area contributed by atoms with Crippen molar-refractivity contribution in [3.63, 3.8) is 0 Å². The van der Waals surface area contributed by atoms with Gasteiger partial charge in [0, 0.05) is 60.2 Å². The highest BCUT2D eigenvalue weighted by Gasteiger charge is 2.22. The standard InChI is InChI=1S/C54H33N3O/c1-3-13-36(14-4-1)55-48-27-23-34(35-24-30-52-45(32-35)40-18-9-12-22-51(40)58-52)31-43(48)44-33-38(25-28-49(44)55)56-47-21-11-8-19-42(47)53-50(56)29-26-41-39-17-7-10-20-46(39)57(54(41)53)37-15-5-2-6-16-37/h1-33H. The molecular formula is C54H33N3O. The van der Waals surface area contributed by atoms with Crippen molar-refractivity contribution in [3.8, 4) is 28.2 Å². The van der Waals surface area contributed by atoms with Crippen molar-refractivity contribution >= 4 is 87.4 Å². The molecule has 0 saturated carbocycles. The van der Waals surface area contributed by atoms with Gasteiger partial charge in [0.15, 0.2) is 0 Å². The summed E-state index contributed by atoms with van der Waals surface area (Å²) < 4.78 is 13.5. The summed E-state index contributed by atoms with van der Waals surface area (Å²) in [5.41, 5.74) is 14.7. The number of aromatic nitrogens is 3. The first-order valence-electron chi connectivity index (χ1n) is 19.8. The maximum absolute atomic E-state index is 6.19. The van der Waals surface area contributed by atoms with E-state index in [0.717, 1.165) is 44.6 Å². The molecular weight excluding hydrogens is 707 g/mol. The van der Waals surface area contributed by atoms with Crippen LogP contribution in [0.15, 0.2) is 205 Å². The average molecular weight is 740 g/mol. The van der Waals surface area contributed by atoms with Gasteiger partial charge in [-0.3, -0.25) is 0 Å². The first-order valence-corrected chi connectivity index (χ1v) is 19.8. The van der Waals surface area contributed by atoms with Crippen LogP contribution in [0.3, 0.4) is 0 Å². The maximum atomic E-state index is 6.19. The number of furan rings is 1. The van der Waals surface area contributed by atoms with Crippen LogP contribution in [0.5, 0.6) is 0 Å². The Balaban J connectivity index is 1.09. The Morgan fingerprint density at radius 3 is 1.57 bits per heavy atom. The Bertz CT molecular complexity index is 3790. The first-order chi connectivity index (χ1) is 28.8. The van der Waals surface area contributed by atoms with Crippen molar-refractivity contribution in [2.75, 3.05) is 0 Å². The number of nitrogens with zero attached hydrogens (tertiary/aromatic N) is 3. The molecule has 0 aliphatic carbocycles. The smallest absolute Gasteiger partial charge is 0.135 e. The Labute approximate surface area is 332 Å². The predicted molar refractivity (Wildman–Crippen MR) is 242 cm³/mol. The highest BCUT2D eigenvalue weighted by molar-refractivity contribution is 6.26. The third-order valence-corrected chi connectivity index (χ3v) is 12.2. The summed E-state index contributed by atoms with van der Waals surface area (Å²) >= 11 is 0. The summed E-state index contributed by atoms with van der Waals surface area (Å²) in [4.78, 5) is 0. The topological polar surface area (TPSA) is 27.9 Å². The molecule has 0 radical (unpaired) electrons. The van der Waals surface area contributed by atoms with E-state index in [-0.39, 0.29) is 0 Å². The van der Waals surface area contributed by atoms with Gasteiger partial charge in [-0.25, -0.2) is 0 Å². The van der Waals surface area contributed by atoms with Crippen molar-refractivity contribution in [1.82, 2.24) is 13.7 Å². The van der Waals surface area contributed by atoms with Gasteiger partial charge in [-0.2, -0.15) is 0 Å². The number of rotatable bonds is 4. The third kappa shape index (κ3) is 4.34. The minimum atomic E-state index is 0.906. The normalized spacial score (nSPS) is 12.1. The lowest BCUT2D eigenvalue weighted by molar-refractivity contribution is 0.669. The minimum absolute atomic E-state index is 0.906. The lowest BCUT2D eigenvalue weighted by Crippen LogP contribution is -1.96. The highest BCUT2D eigenvalue weighted by atomic mass is 16.3. The van der Waals surface area contributed by atoms with E-state index in [1.165, 1.54) is 71.0 Å². The van der Waals surface area contributed by atoms with Crippen LogP contribution in [0.1, 0.15) is 0 Å². The van der Waals surface area contributed by atoms with E-state index in [1.54, 1.807) is 0 Å². The first kappa shape index (κ1) is 31.4. The van der Waals surface area contributed by atoms with E-state index in [2.05, 4.69) is 202 Å². The Morgan fingerprint density at radius 2 is 0.793 bits per heavy atom. The van der Waals surface area contributed by atoms with Crippen molar-refractivity contribution in [2.45, 2.75) is 0 Å². The summed E-state index contributed by atoms with van der Waals surface area (Å²) in [6.07, 6.45) is 0. The van der Waals surface area contributed by atoms with Gasteiger partial charge in [-0.1, -0.05) is 109 Å². The average Bonchev–Trinajstić information content (AvgIpc) is 4.02. The summed E-state index contributed by atoms with van der Waals surface area (Å²) in [6, 6.07) is 72.6. The Morgan fingerprint density at radius 1 is 0.276 bits per heavy atom. The third-order valence-electron chi connectivity index (χ3n) is 12.2. The van der Waals surface area contributed by atoms with E-state index in [1.807, 2.05) is 12.1 Å². The minimum Gasteiger partial charge on any atom is -0.456 e. The molecule has 4 heterocycles. The van der Waals surface area contributed by atoms with Gasteiger partial charge >= 0.3 is 0 Å². The van der Waals surface area contributed by atoms with Crippen LogP contribution in [0.4, 0.5) is 0 Å². The van der Waals surface area contributed by atoms with E-state index in [9.17, 15) is 0 Å². The van der Waals surface area contributed by atoms with Gasteiger partial charge in [0.1, 0.15) is 11.2 Å². The second kappa shape index (κ2) is 11.8. The van der Waals surface area contributed by atoms with Crippen molar-refractivity contribution < 1.29 is 4.42 Å². The van der Waals surface area contributed by atoms with Crippen LogP contribution >= 0.6 is 0 Å². The quantitative estimate of drug-likeness (QED) is 0.177. The molecule has 4 aromatic heterocycles. The van der Waals surface area contributed by atoms with E-state index in [4.69, 9.17) is 4.42 Å². The fraction of sp³-hybridized carbons (Fsp3) is 0. The van der Waals surface area contributed by atoms with E-state index < -0.39 is 0 Å². The molecule has 0 bridgehead atoms. The largest absolute Gasteiger partial charge is 0.456 e. The molecule has 0 aliphatic rings. The molecule has 270 valence electrons. The molecule has 0 N–H and O–H groups in total. The molecule has 0 spiro atoms. The van der Waals surface area contributed by atoms with Gasteiger partial charge in [0.05, 0.1) is 33.1 Å². The number of fused-ring (bicyclic) bond motifs is 13. The molecule has 4 nitrogen and oxygen atoms in total. The lowest BCUT2D eigenvalue weighted by Gasteiger charge is -2.11. The van der Waals surface area contributed by atoms with Crippen LogP contribution in [0.25, 0.3) is 116 Å². The van der Waals surface area contributed by atoms with Gasteiger partial charge in [-0.15, -0.1) is 0 Å². The highest BCUT2D eigenvalue weighted by Crippen LogP contribution is 2.43. The number of para-hydroxylation sites is 5. The van der Waals surface area contributed by atoms with Crippen molar-refractivity contribution in [3.05, 3.63) is 200 Å². The van der Waals surface area contributed by atoms with Crippen LogP contribution in [0, 0.1) is 0 Å². The summed E-state index contributed by atoms with van der Waals surface area (Å²) in [7, 11) is 0. The zero-order valence-electron chi connectivity index (χ0n) is 31.3. The van der Waals surface area contributed by atoms with Crippen molar-refractivity contribution in [1.29, 1.82) is 0 Å². The zero-order valence-corrected chi connectivity index (χ0v) is 31.3. The van der Waals surface area contributed by atoms with Crippen LogP contribution in [-0.4, -0.2) is 13.7 Å². The number of hydrogen-bond acceptors (Lipinski definition) is 1. The molecule has 4 heteroatoms. The van der Waals surface area contributed by atoms with Gasteiger partial charge in [0.2, 0.25) is 0 Å². The Kier molecular flexibility index (Phi) is 6.41.